The molecule has 1 fully saturated rings. The third-order valence-electron chi connectivity index (χ3n) is 4.82. The van der Waals surface area contributed by atoms with Gasteiger partial charge in [-0.1, -0.05) is 25.6 Å². The van der Waals surface area contributed by atoms with Crippen molar-refractivity contribution in [1.29, 1.82) is 0 Å². The van der Waals surface area contributed by atoms with Gasteiger partial charge < -0.3 is 30.0 Å². The smallest absolute Gasteiger partial charge is 0.167 e. The number of rotatable bonds is 3. The normalized spacial score (nSPS) is 28.3. The summed E-state index contributed by atoms with van der Waals surface area (Å²) in [6, 6.07) is 0. The van der Waals surface area contributed by atoms with E-state index in [4.69, 9.17) is 15.2 Å². The standard InChI is InChI=1S/C18H26N4O4Si/c1-18(25-2)14(24)12(9-23)26-17(18)22-8-11(6-7-27(3,4)5)13-15(19)20-10-21-16(13)22/h8,10,12,14,17,23-24H,9H2,1-5H3,(H2,19,20,21)/t12?,14?,17-,18?/m1/s1. The van der Waals surface area contributed by atoms with Gasteiger partial charge >= 0.3 is 0 Å². The molecule has 0 bridgehead atoms. The third-order valence-corrected chi connectivity index (χ3v) is 5.69. The Morgan fingerprint density at radius 3 is 2.70 bits per heavy atom. The molecule has 0 aromatic carbocycles. The van der Waals surface area contributed by atoms with Crippen LogP contribution in [-0.2, 0) is 9.47 Å². The van der Waals surface area contributed by atoms with Crippen LogP contribution < -0.4 is 5.73 Å². The molecule has 4 N–H and O–H groups in total. The Balaban J connectivity index is 2.21. The van der Waals surface area contributed by atoms with Gasteiger partial charge in [-0.15, -0.1) is 5.54 Å². The summed E-state index contributed by atoms with van der Waals surface area (Å²) in [5.74, 6) is 3.55. The lowest BCUT2D eigenvalue weighted by Crippen LogP contribution is -2.46. The zero-order valence-electron chi connectivity index (χ0n) is 16.2. The number of nitrogens with two attached hydrogens (primary N) is 1. The highest BCUT2D eigenvalue weighted by atomic mass is 28.3. The molecule has 1 aliphatic heterocycles. The molecule has 0 radical (unpaired) electrons. The van der Waals surface area contributed by atoms with Gasteiger partial charge in [0.15, 0.2) is 6.23 Å². The number of hydrogen-bond acceptors (Lipinski definition) is 7. The topological polar surface area (TPSA) is 116 Å². The van der Waals surface area contributed by atoms with Gasteiger partial charge in [0.2, 0.25) is 0 Å². The summed E-state index contributed by atoms with van der Waals surface area (Å²) in [6.45, 7) is 7.88. The second-order valence-corrected chi connectivity index (χ2v) is 12.7. The van der Waals surface area contributed by atoms with E-state index in [-0.39, 0.29) is 6.61 Å². The van der Waals surface area contributed by atoms with E-state index in [9.17, 15) is 10.2 Å². The largest absolute Gasteiger partial charge is 0.394 e. The first-order valence-electron chi connectivity index (χ1n) is 8.76. The first-order chi connectivity index (χ1) is 12.6. The van der Waals surface area contributed by atoms with Crippen LogP contribution in [0.1, 0.15) is 18.7 Å². The van der Waals surface area contributed by atoms with Crippen molar-refractivity contribution >= 4 is 24.9 Å². The molecule has 0 saturated carbocycles. The quantitative estimate of drug-likeness (QED) is 0.527. The molecule has 2 aromatic rings. The molecule has 0 spiro atoms. The molecule has 27 heavy (non-hydrogen) atoms. The van der Waals surface area contributed by atoms with Crippen molar-refractivity contribution in [1.82, 2.24) is 14.5 Å². The number of fused-ring (bicyclic) bond motifs is 1. The molecule has 146 valence electrons. The van der Waals surface area contributed by atoms with Crippen LogP contribution in [0.2, 0.25) is 19.6 Å². The van der Waals surface area contributed by atoms with Crippen molar-refractivity contribution in [3.8, 4) is 11.5 Å². The number of anilines is 1. The highest BCUT2D eigenvalue weighted by molar-refractivity contribution is 6.83. The van der Waals surface area contributed by atoms with Crippen molar-refractivity contribution in [3.05, 3.63) is 18.1 Å². The predicted octanol–water partition coefficient (Wildman–Crippen LogP) is 0.898. The Hall–Kier alpha value is -1.96. The Morgan fingerprint density at radius 1 is 1.41 bits per heavy atom. The zero-order chi connectivity index (χ0) is 20.0. The molecular formula is C18H26N4O4Si. The fourth-order valence-electron chi connectivity index (χ4n) is 3.23. The van der Waals surface area contributed by atoms with Crippen LogP contribution in [0.4, 0.5) is 5.82 Å². The molecule has 0 aliphatic carbocycles. The molecule has 2 aromatic heterocycles. The average molecular weight is 391 g/mol. The fourth-order valence-corrected chi connectivity index (χ4v) is 3.74. The number of methoxy groups -OCH3 is 1. The summed E-state index contributed by atoms with van der Waals surface area (Å²) in [5.41, 5.74) is 9.60. The number of nitrogens with zero attached hydrogens (tertiary/aromatic N) is 3. The molecule has 8 nitrogen and oxygen atoms in total. The second-order valence-electron chi connectivity index (χ2n) is 7.95. The maximum absolute atomic E-state index is 10.6. The van der Waals surface area contributed by atoms with E-state index < -0.39 is 32.1 Å². The van der Waals surface area contributed by atoms with Gasteiger partial charge in [0.05, 0.1) is 17.6 Å². The minimum Gasteiger partial charge on any atom is -0.394 e. The molecule has 0 amide bonds. The highest BCUT2D eigenvalue weighted by Crippen LogP contribution is 2.42. The minimum atomic E-state index is -1.61. The van der Waals surface area contributed by atoms with Crippen LogP contribution in [0.15, 0.2) is 12.5 Å². The Morgan fingerprint density at radius 2 is 2.11 bits per heavy atom. The van der Waals surface area contributed by atoms with Crippen molar-refractivity contribution in [2.75, 3.05) is 19.5 Å². The van der Waals surface area contributed by atoms with Gasteiger partial charge in [-0.25, -0.2) is 9.97 Å². The molecule has 3 rings (SSSR count). The first kappa shape index (κ1) is 19.8. The van der Waals surface area contributed by atoms with Crippen LogP contribution in [0.25, 0.3) is 11.0 Å². The third kappa shape index (κ3) is 3.35. The van der Waals surface area contributed by atoms with Crippen molar-refractivity contribution < 1.29 is 19.7 Å². The summed E-state index contributed by atoms with van der Waals surface area (Å²) < 4.78 is 13.3. The molecule has 1 saturated heterocycles. The predicted molar refractivity (Wildman–Crippen MR) is 105 cm³/mol. The summed E-state index contributed by atoms with van der Waals surface area (Å²) in [7, 11) is -0.111. The number of aliphatic hydroxyl groups is 2. The molecule has 3 unspecified atom stereocenters. The number of aromatic nitrogens is 3. The van der Waals surface area contributed by atoms with E-state index in [1.807, 2.05) is 0 Å². The number of hydrogen-bond donors (Lipinski definition) is 3. The van der Waals surface area contributed by atoms with E-state index in [0.717, 1.165) is 0 Å². The average Bonchev–Trinajstić information content (AvgIpc) is 3.10. The fraction of sp³-hybridized carbons (Fsp3) is 0.556. The van der Waals surface area contributed by atoms with Crippen LogP contribution in [0.5, 0.6) is 0 Å². The van der Waals surface area contributed by atoms with E-state index in [1.54, 1.807) is 17.7 Å². The molecule has 9 heteroatoms. The van der Waals surface area contributed by atoms with Crippen LogP contribution in [-0.4, -0.2) is 64.3 Å². The van der Waals surface area contributed by atoms with Crippen LogP contribution in [0.3, 0.4) is 0 Å². The summed E-state index contributed by atoms with van der Waals surface area (Å²) in [6.07, 6.45) is 0.688. The van der Waals surface area contributed by atoms with Gasteiger partial charge in [0.25, 0.3) is 0 Å². The lowest BCUT2D eigenvalue weighted by atomic mass is 9.96. The Bertz CT molecular complexity index is 914. The van der Waals surface area contributed by atoms with Gasteiger partial charge in [-0.2, -0.15) is 0 Å². The van der Waals surface area contributed by atoms with Crippen LogP contribution >= 0.6 is 0 Å². The van der Waals surface area contributed by atoms with Crippen molar-refractivity contribution in [3.63, 3.8) is 0 Å². The van der Waals surface area contributed by atoms with E-state index in [2.05, 4.69) is 41.1 Å². The van der Waals surface area contributed by atoms with Crippen LogP contribution in [0, 0.1) is 11.5 Å². The molecule has 3 heterocycles. The SMILES string of the molecule is COC1(C)C(O)C(CO)O[C@H]1n1cc(C#C[Si](C)(C)C)c2c(N)ncnc21. The van der Waals surface area contributed by atoms with Gasteiger partial charge in [0, 0.05) is 13.3 Å². The minimum absolute atomic E-state index is 0.324. The van der Waals surface area contributed by atoms with Crippen molar-refractivity contribution in [2.24, 2.45) is 0 Å². The maximum atomic E-state index is 10.6. The van der Waals surface area contributed by atoms with Gasteiger partial charge in [-0.3, -0.25) is 0 Å². The molecule has 1 aliphatic rings. The molecular weight excluding hydrogens is 364 g/mol. The Labute approximate surface area is 159 Å². The summed E-state index contributed by atoms with van der Waals surface area (Å²) >= 11 is 0. The second kappa shape index (κ2) is 6.89. The summed E-state index contributed by atoms with van der Waals surface area (Å²) in [4.78, 5) is 8.45. The highest BCUT2D eigenvalue weighted by Gasteiger charge is 2.54. The lowest BCUT2D eigenvalue weighted by molar-refractivity contribution is -0.118. The number of ether oxygens (including phenoxy) is 2. The lowest BCUT2D eigenvalue weighted by Gasteiger charge is -2.31. The van der Waals surface area contributed by atoms with E-state index in [1.165, 1.54) is 13.4 Å². The van der Waals surface area contributed by atoms with E-state index >= 15 is 0 Å². The molecule has 4 atom stereocenters. The maximum Gasteiger partial charge on any atom is 0.167 e. The summed E-state index contributed by atoms with van der Waals surface area (Å²) in [5, 5.41) is 20.8. The monoisotopic (exact) mass is 390 g/mol. The Kier molecular flexibility index (Phi) is 5.05. The van der Waals surface area contributed by atoms with E-state index in [0.29, 0.717) is 22.4 Å². The van der Waals surface area contributed by atoms with Crippen molar-refractivity contribution in [2.45, 2.75) is 50.6 Å². The van der Waals surface area contributed by atoms with Gasteiger partial charge in [0.1, 0.15) is 43.7 Å². The number of aliphatic hydroxyl groups excluding tert-OH is 2. The van der Waals surface area contributed by atoms with Gasteiger partial charge in [-0.05, 0) is 6.92 Å². The zero-order valence-corrected chi connectivity index (χ0v) is 17.2. The first-order valence-corrected chi connectivity index (χ1v) is 12.3. The number of nitrogen functional groups attached to an aromatic ring is 1.